The van der Waals surface area contributed by atoms with Gasteiger partial charge in [-0.05, 0) is 31.0 Å². The summed E-state index contributed by atoms with van der Waals surface area (Å²) in [6.45, 7) is 2.10. The summed E-state index contributed by atoms with van der Waals surface area (Å²) in [5.41, 5.74) is 6.31. The van der Waals surface area contributed by atoms with Crippen LogP contribution in [0.2, 0.25) is 0 Å². The molecule has 0 fully saturated rings. The van der Waals surface area contributed by atoms with Crippen molar-refractivity contribution in [3.63, 3.8) is 0 Å². The zero-order valence-corrected chi connectivity index (χ0v) is 10.9. The topological polar surface area (TPSA) is 72.5 Å². The first-order valence-electron chi connectivity index (χ1n) is 5.23. The van der Waals surface area contributed by atoms with Crippen LogP contribution in [-0.4, -0.2) is 23.7 Å². The van der Waals surface area contributed by atoms with E-state index < -0.39 is 12.0 Å². The Bertz CT molecular complexity index is 434. The molecule has 0 bridgehead atoms. The lowest BCUT2D eigenvalue weighted by molar-refractivity contribution is -0.138. The Kier molecular flexibility index (Phi) is 7.61. The maximum absolute atomic E-state index is 10.6. The van der Waals surface area contributed by atoms with Crippen LogP contribution in [0.5, 0.6) is 5.75 Å². The molecular weight excluding hydrogens is 254 g/mol. The minimum absolute atomic E-state index is 0. The van der Waals surface area contributed by atoms with E-state index >= 15 is 0 Å². The van der Waals surface area contributed by atoms with Gasteiger partial charge in [0.25, 0.3) is 0 Å². The van der Waals surface area contributed by atoms with Gasteiger partial charge in [-0.1, -0.05) is 18.1 Å². The van der Waals surface area contributed by atoms with E-state index in [4.69, 9.17) is 15.6 Å². The zero-order valence-electron chi connectivity index (χ0n) is 10.1. The summed E-state index contributed by atoms with van der Waals surface area (Å²) < 4.78 is 5.33. The number of hydrogen-bond donors (Lipinski definition) is 2. The molecule has 3 N–H and O–H groups in total. The Morgan fingerprint density at radius 1 is 1.44 bits per heavy atom. The van der Waals surface area contributed by atoms with E-state index in [0.717, 1.165) is 5.56 Å². The van der Waals surface area contributed by atoms with Crippen LogP contribution in [0.25, 0.3) is 0 Å². The van der Waals surface area contributed by atoms with Crippen LogP contribution in [0.1, 0.15) is 12.5 Å². The average Bonchev–Trinajstić information content (AvgIpc) is 2.31. The highest BCUT2D eigenvalue weighted by Gasteiger charge is 2.11. The number of benzene rings is 1. The van der Waals surface area contributed by atoms with Crippen molar-refractivity contribution in [2.75, 3.05) is 6.61 Å². The van der Waals surface area contributed by atoms with Crippen LogP contribution in [0.4, 0.5) is 0 Å². The molecule has 5 heteroatoms. The summed E-state index contributed by atoms with van der Waals surface area (Å²) in [5, 5.41) is 8.68. The molecule has 0 saturated heterocycles. The number of carbonyl (C=O) groups is 1. The minimum Gasteiger partial charge on any atom is -0.481 e. The van der Waals surface area contributed by atoms with Crippen LogP contribution >= 0.6 is 12.4 Å². The van der Waals surface area contributed by atoms with E-state index in [2.05, 4.69) is 11.8 Å². The molecule has 1 atom stereocenters. The molecule has 1 rings (SSSR count). The van der Waals surface area contributed by atoms with Gasteiger partial charge >= 0.3 is 5.97 Å². The first-order valence-corrected chi connectivity index (χ1v) is 5.23. The standard InChI is InChI=1S/C13H15NO3.ClH/c1-2-3-8-17-11-6-4-10(5-7-11)9-12(14)13(15)16;/h4-7,12H,8-9,14H2,1H3,(H,15,16);1H/t12-;/m0./s1. The second kappa shape index (κ2) is 8.40. The normalized spacial score (nSPS) is 10.6. The fourth-order valence-corrected chi connectivity index (χ4v) is 1.25. The van der Waals surface area contributed by atoms with Gasteiger partial charge in [0, 0.05) is 0 Å². The molecule has 18 heavy (non-hydrogen) atoms. The Morgan fingerprint density at radius 2 is 2.06 bits per heavy atom. The van der Waals surface area contributed by atoms with Gasteiger partial charge in [-0.3, -0.25) is 4.79 Å². The lowest BCUT2D eigenvalue weighted by atomic mass is 10.1. The van der Waals surface area contributed by atoms with E-state index in [0.29, 0.717) is 18.8 Å². The second-order valence-electron chi connectivity index (χ2n) is 3.51. The molecule has 0 amide bonds. The van der Waals surface area contributed by atoms with Crippen molar-refractivity contribution in [3.05, 3.63) is 29.8 Å². The number of nitrogens with two attached hydrogens (primary N) is 1. The number of hydrogen-bond acceptors (Lipinski definition) is 3. The van der Waals surface area contributed by atoms with E-state index in [1.54, 1.807) is 31.2 Å². The molecule has 1 aromatic rings. The van der Waals surface area contributed by atoms with Gasteiger partial charge in [-0.15, -0.1) is 18.3 Å². The van der Waals surface area contributed by atoms with Crippen LogP contribution in [0, 0.1) is 11.8 Å². The van der Waals surface area contributed by atoms with Gasteiger partial charge in [-0.2, -0.15) is 0 Å². The van der Waals surface area contributed by atoms with E-state index in [1.165, 1.54) is 0 Å². The molecule has 0 aliphatic rings. The quantitative estimate of drug-likeness (QED) is 0.794. The highest BCUT2D eigenvalue weighted by Crippen LogP contribution is 2.13. The van der Waals surface area contributed by atoms with Gasteiger partial charge in [0.15, 0.2) is 0 Å². The van der Waals surface area contributed by atoms with Gasteiger partial charge in [0.1, 0.15) is 18.4 Å². The average molecular weight is 270 g/mol. The first kappa shape index (κ1) is 16.3. The molecule has 0 saturated carbocycles. The third-order valence-electron chi connectivity index (χ3n) is 2.18. The third kappa shape index (κ3) is 5.58. The van der Waals surface area contributed by atoms with E-state index in [1.807, 2.05) is 0 Å². The first-order chi connectivity index (χ1) is 8.13. The highest BCUT2D eigenvalue weighted by atomic mass is 35.5. The predicted octanol–water partition coefficient (Wildman–Crippen LogP) is 1.46. The maximum atomic E-state index is 10.6. The molecule has 0 unspecified atom stereocenters. The minimum atomic E-state index is -0.997. The second-order valence-corrected chi connectivity index (χ2v) is 3.51. The van der Waals surface area contributed by atoms with Gasteiger partial charge in [0.05, 0.1) is 0 Å². The highest BCUT2D eigenvalue weighted by molar-refractivity contribution is 5.85. The summed E-state index contributed by atoms with van der Waals surface area (Å²) in [6, 6.07) is 6.30. The molecule has 0 aliphatic heterocycles. The third-order valence-corrected chi connectivity index (χ3v) is 2.18. The monoisotopic (exact) mass is 269 g/mol. The Hall–Kier alpha value is -1.70. The number of carboxylic acids is 1. The van der Waals surface area contributed by atoms with E-state index in [-0.39, 0.29) is 12.4 Å². The fourth-order valence-electron chi connectivity index (χ4n) is 1.25. The largest absolute Gasteiger partial charge is 0.481 e. The Labute approximate surface area is 113 Å². The molecule has 1 aromatic carbocycles. The van der Waals surface area contributed by atoms with Crippen LogP contribution < -0.4 is 10.5 Å². The molecular formula is C13H16ClNO3. The molecule has 0 aliphatic carbocycles. The van der Waals surface area contributed by atoms with Gasteiger partial charge in [0.2, 0.25) is 0 Å². The number of halogens is 1. The zero-order chi connectivity index (χ0) is 12.7. The smallest absolute Gasteiger partial charge is 0.320 e. The Balaban J connectivity index is 0.00000289. The molecule has 4 nitrogen and oxygen atoms in total. The summed E-state index contributed by atoms with van der Waals surface area (Å²) in [4.78, 5) is 10.6. The van der Waals surface area contributed by atoms with Crippen molar-refractivity contribution in [3.8, 4) is 17.6 Å². The number of aliphatic carboxylic acids is 1. The Morgan fingerprint density at radius 3 is 2.56 bits per heavy atom. The molecule has 0 radical (unpaired) electrons. The lowest BCUT2D eigenvalue weighted by Gasteiger charge is -2.07. The van der Waals surface area contributed by atoms with Crippen molar-refractivity contribution in [1.29, 1.82) is 0 Å². The van der Waals surface area contributed by atoms with Crippen molar-refractivity contribution < 1.29 is 14.6 Å². The molecule has 0 heterocycles. The summed E-state index contributed by atoms with van der Waals surface area (Å²) in [5.74, 6) is 5.23. The van der Waals surface area contributed by atoms with E-state index in [9.17, 15) is 4.79 Å². The summed E-state index contributed by atoms with van der Waals surface area (Å²) >= 11 is 0. The molecule has 98 valence electrons. The van der Waals surface area contributed by atoms with Crippen LogP contribution in [0.15, 0.2) is 24.3 Å². The lowest BCUT2D eigenvalue weighted by Crippen LogP contribution is -2.32. The van der Waals surface area contributed by atoms with Gasteiger partial charge < -0.3 is 15.6 Å². The SMILES string of the molecule is CC#CCOc1ccc(C[C@H](N)C(=O)O)cc1.Cl. The van der Waals surface area contributed by atoms with Gasteiger partial charge in [-0.25, -0.2) is 0 Å². The number of rotatable bonds is 5. The maximum Gasteiger partial charge on any atom is 0.320 e. The van der Waals surface area contributed by atoms with Crippen molar-refractivity contribution in [1.82, 2.24) is 0 Å². The van der Waals surface area contributed by atoms with Crippen molar-refractivity contribution in [2.24, 2.45) is 5.73 Å². The summed E-state index contributed by atoms with van der Waals surface area (Å²) in [7, 11) is 0. The van der Waals surface area contributed by atoms with Crippen molar-refractivity contribution >= 4 is 18.4 Å². The number of ether oxygens (including phenoxy) is 1. The number of carboxylic acid groups (broad SMARTS) is 1. The van der Waals surface area contributed by atoms with Crippen molar-refractivity contribution in [2.45, 2.75) is 19.4 Å². The molecule has 0 spiro atoms. The van der Waals surface area contributed by atoms with Crippen LogP contribution in [0.3, 0.4) is 0 Å². The molecule has 0 aromatic heterocycles. The van der Waals surface area contributed by atoms with Crippen LogP contribution in [-0.2, 0) is 11.2 Å². The fraction of sp³-hybridized carbons (Fsp3) is 0.308. The predicted molar refractivity (Wildman–Crippen MR) is 72.0 cm³/mol. The summed E-state index contributed by atoms with van der Waals surface area (Å²) in [6.07, 6.45) is 0.310.